The number of aromatic nitrogens is 2. The van der Waals surface area contributed by atoms with E-state index in [1.165, 1.54) is 24.4 Å². The van der Waals surface area contributed by atoms with E-state index < -0.39 is 24.2 Å². The molecule has 0 spiro atoms. The Kier molecular flexibility index (Phi) is 5.07. The van der Waals surface area contributed by atoms with Crippen LogP contribution >= 0.6 is 0 Å². The molecule has 2 aromatic rings. The van der Waals surface area contributed by atoms with Crippen molar-refractivity contribution in [2.24, 2.45) is 0 Å². The van der Waals surface area contributed by atoms with E-state index in [-0.39, 0.29) is 16.9 Å². The average molecular weight is 342 g/mol. The number of esters is 1. The monoisotopic (exact) mass is 342 g/mol. The molecule has 0 saturated heterocycles. The SMILES string of the molecule is COC(=O)c1ccc(C(NC(=O)Nc2ccn[nH]2)C(F)(F)F)cc1. The lowest BCUT2D eigenvalue weighted by Gasteiger charge is -2.22. The summed E-state index contributed by atoms with van der Waals surface area (Å²) in [5, 5.41) is 9.98. The van der Waals surface area contributed by atoms with Gasteiger partial charge in [0.2, 0.25) is 0 Å². The van der Waals surface area contributed by atoms with Gasteiger partial charge >= 0.3 is 18.2 Å². The molecule has 2 amide bonds. The number of aromatic amines is 1. The van der Waals surface area contributed by atoms with Crippen LogP contribution < -0.4 is 10.6 Å². The fraction of sp³-hybridized carbons (Fsp3) is 0.214. The number of nitrogens with zero attached hydrogens (tertiary/aromatic N) is 1. The Hall–Kier alpha value is -3.04. The number of alkyl halides is 3. The molecule has 0 aliphatic carbocycles. The number of nitrogens with one attached hydrogen (secondary N) is 3. The van der Waals surface area contributed by atoms with Gasteiger partial charge in [-0.2, -0.15) is 18.3 Å². The topological polar surface area (TPSA) is 96.1 Å². The van der Waals surface area contributed by atoms with Crippen molar-refractivity contribution in [3.63, 3.8) is 0 Å². The van der Waals surface area contributed by atoms with Gasteiger partial charge in [-0.25, -0.2) is 9.59 Å². The van der Waals surface area contributed by atoms with Crippen molar-refractivity contribution in [1.29, 1.82) is 0 Å². The summed E-state index contributed by atoms with van der Waals surface area (Å²) in [6.07, 6.45) is -3.39. The Morgan fingerprint density at radius 3 is 2.38 bits per heavy atom. The summed E-state index contributed by atoms with van der Waals surface area (Å²) in [5.74, 6) is -0.524. The molecule has 24 heavy (non-hydrogen) atoms. The molecule has 0 aliphatic rings. The molecule has 1 heterocycles. The minimum absolute atomic E-state index is 0.101. The highest BCUT2D eigenvalue weighted by molar-refractivity contribution is 5.89. The first-order chi connectivity index (χ1) is 11.3. The first kappa shape index (κ1) is 17.3. The summed E-state index contributed by atoms with van der Waals surface area (Å²) >= 11 is 0. The predicted octanol–water partition coefficient (Wildman–Crippen LogP) is 2.62. The molecule has 0 fully saturated rings. The van der Waals surface area contributed by atoms with Gasteiger partial charge in [0.1, 0.15) is 5.82 Å². The van der Waals surface area contributed by atoms with Crippen LogP contribution in [-0.2, 0) is 4.74 Å². The van der Waals surface area contributed by atoms with Crippen LogP contribution in [0.3, 0.4) is 0 Å². The third-order valence-electron chi connectivity index (χ3n) is 3.02. The van der Waals surface area contributed by atoms with E-state index in [0.717, 1.165) is 19.2 Å². The van der Waals surface area contributed by atoms with Gasteiger partial charge in [0, 0.05) is 6.07 Å². The minimum Gasteiger partial charge on any atom is -0.465 e. The summed E-state index contributed by atoms with van der Waals surface area (Å²) in [7, 11) is 1.16. The zero-order valence-electron chi connectivity index (χ0n) is 12.3. The maximum Gasteiger partial charge on any atom is 0.412 e. The van der Waals surface area contributed by atoms with Gasteiger partial charge in [-0.1, -0.05) is 12.1 Å². The number of methoxy groups -OCH3 is 1. The highest BCUT2D eigenvalue weighted by atomic mass is 19.4. The van der Waals surface area contributed by atoms with Crippen molar-refractivity contribution < 1.29 is 27.5 Å². The van der Waals surface area contributed by atoms with E-state index in [2.05, 4.69) is 20.3 Å². The third-order valence-corrected chi connectivity index (χ3v) is 3.02. The van der Waals surface area contributed by atoms with Crippen LogP contribution in [0.5, 0.6) is 0 Å². The molecule has 3 N–H and O–H groups in total. The largest absolute Gasteiger partial charge is 0.465 e. The third kappa shape index (κ3) is 4.24. The molecule has 0 saturated carbocycles. The van der Waals surface area contributed by atoms with Crippen molar-refractivity contribution in [2.45, 2.75) is 12.2 Å². The minimum atomic E-state index is -4.72. The van der Waals surface area contributed by atoms with E-state index >= 15 is 0 Å². The number of benzene rings is 1. The summed E-state index contributed by atoms with van der Waals surface area (Å²) < 4.78 is 44.1. The Morgan fingerprint density at radius 1 is 1.21 bits per heavy atom. The molecule has 128 valence electrons. The number of halogens is 3. The molecular weight excluding hydrogens is 329 g/mol. The number of rotatable bonds is 4. The molecule has 1 atom stereocenters. The van der Waals surface area contributed by atoms with Crippen LogP contribution in [0, 0.1) is 0 Å². The van der Waals surface area contributed by atoms with Gasteiger partial charge in [-0.15, -0.1) is 0 Å². The Labute approximate surface area is 134 Å². The van der Waals surface area contributed by atoms with Gasteiger partial charge in [-0.05, 0) is 17.7 Å². The summed E-state index contributed by atoms with van der Waals surface area (Å²) in [6, 6.07) is 2.66. The number of urea groups is 1. The van der Waals surface area contributed by atoms with E-state index in [9.17, 15) is 22.8 Å². The van der Waals surface area contributed by atoms with Crippen LogP contribution in [0.25, 0.3) is 0 Å². The standard InChI is InChI=1S/C14H13F3N4O3/c1-24-12(22)9-4-2-8(3-5-9)11(14(15,16)17)20-13(23)19-10-6-7-18-21-10/h2-7,11H,1H3,(H3,18,19,20,21,23). The number of hydrogen-bond donors (Lipinski definition) is 3. The Bertz CT molecular complexity index is 699. The fourth-order valence-corrected chi connectivity index (χ4v) is 1.90. The summed E-state index contributed by atoms with van der Waals surface area (Å²) in [4.78, 5) is 23.0. The second kappa shape index (κ2) is 7.02. The molecule has 0 radical (unpaired) electrons. The van der Waals surface area contributed by atoms with Crippen LogP contribution in [0.2, 0.25) is 0 Å². The Balaban J connectivity index is 2.16. The molecule has 0 aliphatic heterocycles. The van der Waals surface area contributed by atoms with Crippen molar-refractivity contribution >= 4 is 17.8 Å². The number of anilines is 1. The van der Waals surface area contributed by atoms with Crippen molar-refractivity contribution in [2.75, 3.05) is 12.4 Å². The first-order valence-corrected chi connectivity index (χ1v) is 6.63. The lowest BCUT2D eigenvalue weighted by molar-refractivity contribution is -0.154. The second-order valence-corrected chi connectivity index (χ2v) is 4.66. The number of carbonyl (C=O) groups is 2. The molecule has 1 aromatic heterocycles. The molecule has 2 rings (SSSR count). The molecule has 10 heteroatoms. The normalized spacial score (nSPS) is 12.3. The molecule has 1 unspecified atom stereocenters. The molecular formula is C14H13F3N4O3. The summed E-state index contributed by atoms with van der Waals surface area (Å²) in [5.41, 5.74) is -0.126. The quantitative estimate of drug-likeness (QED) is 0.744. The van der Waals surface area contributed by atoms with Crippen LogP contribution in [-0.4, -0.2) is 35.5 Å². The zero-order valence-corrected chi connectivity index (χ0v) is 12.3. The molecule has 1 aromatic carbocycles. The highest BCUT2D eigenvalue weighted by Gasteiger charge is 2.42. The van der Waals surface area contributed by atoms with E-state index in [4.69, 9.17) is 0 Å². The van der Waals surface area contributed by atoms with E-state index in [1.54, 1.807) is 0 Å². The Morgan fingerprint density at radius 2 is 1.88 bits per heavy atom. The fourth-order valence-electron chi connectivity index (χ4n) is 1.90. The van der Waals surface area contributed by atoms with E-state index in [1.807, 2.05) is 5.32 Å². The predicted molar refractivity (Wildman–Crippen MR) is 77.3 cm³/mol. The molecule has 7 nitrogen and oxygen atoms in total. The highest BCUT2D eigenvalue weighted by Crippen LogP contribution is 2.32. The number of hydrogen-bond acceptors (Lipinski definition) is 4. The van der Waals surface area contributed by atoms with Gasteiger partial charge in [-0.3, -0.25) is 10.4 Å². The van der Waals surface area contributed by atoms with Gasteiger partial charge in [0.15, 0.2) is 6.04 Å². The van der Waals surface area contributed by atoms with Crippen LogP contribution in [0.4, 0.5) is 23.8 Å². The van der Waals surface area contributed by atoms with Crippen LogP contribution in [0.15, 0.2) is 36.5 Å². The number of ether oxygens (including phenoxy) is 1. The average Bonchev–Trinajstić information content (AvgIpc) is 3.04. The summed E-state index contributed by atoms with van der Waals surface area (Å²) in [6.45, 7) is 0. The van der Waals surface area contributed by atoms with Gasteiger partial charge in [0.25, 0.3) is 0 Å². The number of amides is 2. The maximum absolute atomic E-state index is 13.2. The maximum atomic E-state index is 13.2. The van der Waals surface area contributed by atoms with Crippen LogP contribution in [0.1, 0.15) is 22.0 Å². The van der Waals surface area contributed by atoms with Crippen molar-refractivity contribution in [3.05, 3.63) is 47.7 Å². The lowest BCUT2D eigenvalue weighted by Crippen LogP contribution is -2.40. The first-order valence-electron chi connectivity index (χ1n) is 6.63. The van der Waals surface area contributed by atoms with Crippen molar-refractivity contribution in [3.8, 4) is 0 Å². The van der Waals surface area contributed by atoms with Gasteiger partial charge < -0.3 is 10.1 Å². The zero-order chi connectivity index (χ0) is 17.7. The number of H-pyrrole nitrogens is 1. The smallest absolute Gasteiger partial charge is 0.412 e. The van der Waals surface area contributed by atoms with E-state index in [0.29, 0.717) is 0 Å². The second-order valence-electron chi connectivity index (χ2n) is 4.66. The van der Waals surface area contributed by atoms with Crippen molar-refractivity contribution in [1.82, 2.24) is 15.5 Å². The molecule has 0 bridgehead atoms. The number of carbonyl (C=O) groups excluding carboxylic acids is 2. The van der Waals surface area contributed by atoms with Gasteiger partial charge in [0.05, 0.1) is 18.9 Å². The lowest BCUT2D eigenvalue weighted by atomic mass is 10.0.